The maximum Gasteiger partial charge on any atom is 0.123 e. The maximum atomic E-state index is 14.7. The van der Waals surface area contributed by atoms with Crippen LogP contribution >= 0.6 is 9.24 Å². The minimum atomic E-state index is -0.295. The molecule has 0 aliphatic heterocycles. The normalized spacial score (nSPS) is 11.3. The fraction of sp³-hybridized carbons (Fsp3) is 0.0870. The molecule has 1 atom stereocenters. The van der Waals surface area contributed by atoms with E-state index in [1.807, 2.05) is 48.5 Å². The van der Waals surface area contributed by atoms with Crippen LogP contribution in [0.4, 0.5) is 4.39 Å². The summed E-state index contributed by atoms with van der Waals surface area (Å²) in [4.78, 5) is 0. The van der Waals surface area contributed by atoms with Gasteiger partial charge in [-0.2, -0.15) is 0 Å². The van der Waals surface area contributed by atoms with E-state index in [1.165, 1.54) is 12.1 Å². The molecule has 8 aromatic rings. The van der Waals surface area contributed by atoms with E-state index in [9.17, 15) is 4.39 Å². The van der Waals surface area contributed by atoms with Crippen molar-refractivity contribution < 1.29 is 23.3 Å². The van der Waals surface area contributed by atoms with Crippen molar-refractivity contribution in [2.24, 2.45) is 0 Å². The summed E-state index contributed by atoms with van der Waals surface area (Å²) < 4.78 is 37.6. The highest BCUT2D eigenvalue weighted by Crippen LogP contribution is 2.54. The van der Waals surface area contributed by atoms with Gasteiger partial charge in [0.25, 0.3) is 0 Å². The van der Waals surface area contributed by atoms with Gasteiger partial charge in [0.1, 0.15) is 28.8 Å². The molecule has 256 valence electrons. The Balaban J connectivity index is 1.74. The Kier molecular flexibility index (Phi) is 8.74. The number of hydrogen-bond donors (Lipinski definition) is 0. The molecule has 4 nitrogen and oxygen atoms in total. The van der Waals surface area contributed by atoms with Crippen LogP contribution in [0, 0.1) is 5.82 Å². The largest absolute Gasteiger partial charge is 0.497 e. The third kappa shape index (κ3) is 5.68. The molecule has 6 heteroatoms. The lowest BCUT2D eigenvalue weighted by Crippen LogP contribution is -1.99. The molecule has 52 heavy (non-hydrogen) atoms. The lowest BCUT2D eigenvalue weighted by molar-refractivity contribution is 0.415. The molecule has 1 unspecified atom stereocenters. The summed E-state index contributed by atoms with van der Waals surface area (Å²) in [5.41, 5.74) is 8.14. The average molecular weight is 703 g/mol. The number of halogens is 1. The Morgan fingerprint density at radius 1 is 0.365 bits per heavy atom. The molecule has 0 fully saturated rings. The molecule has 8 rings (SSSR count). The molecule has 0 aliphatic carbocycles. The van der Waals surface area contributed by atoms with Crippen LogP contribution in [0.3, 0.4) is 0 Å². The first kappa shape index (κ1) is 33.3. The van der Waals surface area contributed by atoms with Crippen LogP contribution in [0.1, 0.15) is 0 Å². The topological polar surface area (TPSA) is 36.9 Å². The fourth-order valence-electron chi connectivity index (χ4n) is 7.42. The summed E-state index contributed by atoms with van der Waals surface area (Å²) in [5, 5.41) is 7.29. The van der Waals surface area contributed by atoms with Crippen molar-refractivity contribution >= 4 is 46.9 Å². The number of rotatable bonds is 8. The van der Waals surface area contributed by atoms with Crippen LogP contribution in [-0.2, 0) is 0 Å². The Hall–Kier alpha value is -5.90. The molecule has 0 saturated heterocycles. The van der Waals surface area contributed by atoms with Crippen molar-refractivity contribution in [3.8, 4) is 67.5 Å². The van der Waals surface area contributed by atoms with Crippen LogP contribution < -0.4 is 24.3 Å². The fourth-order valence-corrected chi connectivity index (χ4v) is 7.61. The van der Waals surface area contributed by atoms with Gasteiger partial charge < -0.3 is 18.9 Å². The first-order valence-corrected chi connectivity index (χ1v) is 17.5. The highest BCUT2D eigenvalue weighted by atomic mass is 31.0. The number of methoxy groups -OCH3 is 4. The molecule has 0 N–H and O–H groups in total. The van der Waals surface area contributed by atoms with Crippen molar-refractivity contribution in [3.05, 3.63) is 139 Å². The minimum absolute atomic E-state index is 0.295. The van der Waals surface area contributed by atoms with Gasteiger partial charge in [0, 0.05) is 0 Å². The molecule has 0 saturated carbocycles. The van der Waals surface area contributed by atoms with Crippen molar-refractivity contribution in [1.82, 2.24) is 0 Å². The zero-order chi connectivity index (χ0) is 35.9. The van der Waals surface area contributed by atoms with Gasteiger partial charge in [-0.1, -0.05) is 72.8 Å². The van der Waals surface area contributed by atoms with Gasteiger partial charge in [-0.25, -0.2) is 4.39 Å². The van der Waals surface area contributed by atoms with Crippen molar-refractivity contribution in [2.45, 2.75) is 0 Å². The predicted octanol–water partition coefficient (Wildman–Crippen LogP) is 11.5. The molecule has 0 spiro atoms. The van der Waals surface area contributed by atoms with E-state index < -0.39 is 0 Å². The van der Waals surface area contributed by atoms with Gasteiger partial charge in [0.05, 0.1) is 28.4 Å². The Morgan fingerprint density at radius 2 is 0.673 bits per heavy atom. The molecule has 0 amide bonds. The molecule has 0 radical (unpaired) electrons. The van der Waals surface area contributed by atoms with Gasteiger partial charge >= 0.3 is 0 Å². The molecular formula is C46H36FO4P. The van der Waals surface area contributed by atoms with Crippen molar-refractivity contribution in [1.29, 1.82) is 0 Å². The Labute approximate surface area is 304 Å². The second kappa shape index (κ2) is 13.7. The summed E-state index contributed by atoms with van der Waals surface area (Å²) in [6.45, 7) is 0. The van der Waals surface area contributed by atoms with Gasteiger partial charge in [0.2, 0.25) is 0 Å². The highest BCUT2D eigenvalue weighted by Gasteiger charge is 2.27. The zero-order valence-electron chi connectivity index (χ0n) is 29.3. The first-order valence-electron chi connectivity index (χ1n) is 16.9. The van der Waals surface area contributed by atoms with Crippen molar-refractivity contribution in [2.75, 3.05) is 28.4 Å². The van der Waals surface area contributed by atoms with E-state index >= 15 is 0 Å². The van der Waals surface area contributed by atoms with Crippen LogP contribution in [0.25, 0.3) is 76.8 Å². The second-order valence-electron chi connectivity index (χ2n) is 12.7. The van der Waals surface area contributed by atoms with E-state index in [0.29, 0.717) is 0 Å². The summed E-state index contributed by atoms with van der Waals surface area (Å²) >= 11 is 0. The lowest BCUT2D eigenvalue weighted by atomic mass is 9.77. The molecule has 0 bridgehead atoms. The number of benzene rings is 8. The SMILES string of the molecule is COc1ccc(-c2c3ccc(OC)cc3c(-c3ccc(P)cc3)c3c(-c4ccc(OC)cc4)c4ccc(OC)cc4c(-c4ccc(F)cc4)c23)cc1. The second-order valence-corrected chi connectivity index (χ2v) is 13.3. The standard InChI is InChI=1S/C46H36FO4P/c1-48-32-15-7-28(8-16-32)41-38-24-20-35(51-4)26-40(38)44(30-11-21-36(52)22-12-30)46-42(29-9-17-33(49-2)18-10-29)37-23-19-34(50-3)25-39(37)43(45(41)46)27-5-13-31(47)14-6-27/h5-26H,52H2,1-4H3. The monoisotopic (exact) mass is 702 g/mol. The van der Waals surface area contributed by atoms with E-state index in [-0.39, 0.29) is 5.82 Å². The predicted molar refractivity (Wildman–Crippen MR) is 216 cm³/mol. The number of hydrogen-bond acceptors (Lipinski definition) is 4. The Morgan fingerprint density at radius 3 is 1.04 bits per heavy atom. The molecular weight excluding hydrogens is 666 g/mol. The summed E-state index contributed by atoms with van der Waals surface area (Å²) in [5.74, 6) is 2.72. The third-order valence-electron chi connectivity index (χ3n) is 9.87. The van der Waals surface area contributed by atoms with Crippen LogP contribution in [-0.4, -0.2) is 28.4 Å². The first-order chi connectivity index (χ1) is 25.4. The third-order valence-corrected chi connectivity index (χ3v) is 10.3. The van der Waals surface area contributed by atoms with Gasteiger partial charge in [-0.15, -0.1) is 9.24 Å². The molecule has 8 aromatic carbocycles. The highest BCUT2D eigenvalue weighted by molar-refractivity contribution is 7.27. The number of ether oxygens (including phenoxy) is 4. The lowest BCUT2D eigenvalue weighted by Gasteiger charge is -2.26. The summed E-state index contributed by atoms with van der Waals surface area (Å²) in [6, 6.07) is 44.4. The van der Waals surface area contributed by atoms with Gasteiger partial charge in [-0.05, 0) is 143 Å². The summed E-state index contributed by atoms with van der Waals surface area (Å²) in [6.07, 6.45) is 0. The zero-order valence-corrected chi connectivity index (χ0v) is 30.4. The van der Waals surface area contributed by atoms with E-state index in [0.717, 1.165) is 105 Å². The quantitative estimate of drug-likeness (QED) is 0.117. The minimum Gasteiger partial charge on any atom is -0.497 e. The number of fused-ring (bicyclic) bond motifs is 3. The van der Waals surface area contributed by atoms with Crippen LogP contribution in [0.5, 0.6) is 23.0 Å². The van der Waals surface area contributed by atoms with E-state index in [2.05, 4.69) is 82.0 Å². The average Bonchev–Trinajstić information content (AvgIpc) is 3.19. The van der Waals surface area contributed by atoms with E-state index in [4.69, 9.17) is 18.9 Å². The molecule has 0 heterocycles. The van der Waals surface area contributed by atoms with Crippen molar-refractivity contribution in [3.63, 3.8) is 0 Å². The van der Waals surface area contributed by atoms with Crippen LogP contribution in [0.15, 0.2) is 133 Å². The van der Waals surface area contributed by atoms with Crippen LogP contribution in [0.2, 0.25) is 0 Å². The van der Waals surface area contributed by atoms with Gasteiger partial charge in [-0.3, -0.25) is 0 Å². The van der Waals surface area contributed by atoms with Gasteiger partial charge in [0.15, 0.2) is 0 Å². The Bertz CT molecular complexity index is 2410. The van der Waals surface area contributed by atoms with E-state index in [1.54, 1.807) is 28.4 Å². The molecule has 0 aromatic heterocycles. The maximum absolute atomic E-state index is 14.7. The smallest absolute Gasteiger partial charge is 0.123 e. The molecule has 0 aliphatic rings. The summed E-state index contributed by atoms with van der Waals surface area (Å²) in [7, 11) is 9.53.